The van der Waals surface area contributed by atoms with Crippen LogP contribution in [0, 0.1) is 5.92 Å². The minimum absolute atomic E-state index is 0.0318. The number of carbonyl (C=O) groups is 1. The molecular formula is C16H22N4O2. The van der Waals surface area contributed by atoms with Crippen molar-refractivity contribution in [3.8, 4) is 0 Å². The average Bonchev–Trinajstić information content (AvgIpc) is 3.24. The maximum Gasteiger partial charge on any atom is 0.224 e. The number of aryl methyl sites for hydroxylation is 1. The monoisotopic (exact) mass is 302 g/mol. The van der Waals surface area contributed by atoms with E-state index in [1.165, 1.54) is 5.56 Å². The minimum atomic E-state index is 0.0318. The summed E-state index contributed by atoms with van der Waals surface area (Å²) in [5, 5.41) is 10.7. The van der Waals surface area contributed by atoms with Crippen LogP contribution in [0.15, 0.2) is 35.4 Å². The van der Waals surface area contributed by atoms with E-state index in [9.17, 15) is 4.79 Å². The van der Waals surface area contributed by atoms with Gasteiger partial charge in [-0.15, -0.1) is 0 Å². The lowest BCUT2D eigenvalue weighted by Gasteiger charge is -2.28. The Kier molecular flexibility index (Phi) is 4.58. The first-order valence-corrected chi connectivity index (χ1v) is 7.80. The van der Waals surface area contributed by atoms with Crippen molar-refractivity contribution in [2.45, 2.75) is 38.9 Å². The van der Waals surface area contributed by atoms with Crippen molar-refractivity contribution in [1.29, 1.82) is 0 Å². The first kappa shape index (κ1) is 14.8. The molecule has 1 aliphatic rings. The number of nitrogens with zero attached hydrogens (tertiary/aromatic N) is 2. The largest absolute Gasteiger partial charge is 0.472 e. The highest BCUT2D eigenvalue weighted by atomic mass is 16.3. The van der Waals surface area contributed by atoms with Crippen LogP contribution in [-0.4, -0.2) is 22.2 Å². The molecule has 0 spiro atoms. The van der Waals surface area contributed by atoms with Gasteiger partial charge in [0, 0.05) is 43.0 Å². The van der Waals surface area contributed by atoms with Crippen LogP contribution in [0.25, 0.3) is 0 Å². The van der Waals surface area contributed by atoms with Crippen molar-refractivity contribution < 1.29 is 9.21 Å². The lowest BCUT2D eigenvalue weighted by atomic mass is 9.91. The zero-order chi connectivity index (χ0) is 15.4. The van der Waals surface area contributed by atoms with E-state index >= 15 is 0 Å². The fourth-order valence-corrected chi connectivity index (χ4v) is 2.82. The molecule has 2 atom stereocenters. The van der Waals surface area contributed by atoms with Gasteiger partial charge in [-0.1, -0.05) is 0 Å². The summed E-state index contributed by atoms with van der Waals surface area (Å²) in [5.41, 5.74) is 2.20. The minimum Gasteiger partial charge on any atom is -0.472 e. The zero-order valence-electron chi connectivity index (χ0n) is 12.8. The SMILES string of the molecule is CCn1cc([C@@H]2CC[C@H](C(=O)NCc3ccoc3)CN2)cn1. The molecule has 1 amide bonds. The second-order valence-electron chi connectivity index (χ2n) is 5.71. The molecule has 22 heavy (non-hydrogen) atoms. The first-order valence-electron chi connectivity index (χ1n) is 7.80. The Morgan fingerprint density at radius 3 is 3.09 bits per heavy atom. The van der Waals surface area contributed by atoms with Crippen molar-refractivity contribution in [3.05, 3.63) is 42.1 Å². The Morgan fingerprint density at radius 2 is 2.45 bits per heavy atom. The van der Waals surface area contributed by atoms with Crippen molar-refractivity contribution in [1.82, 2.24) is 20.4 Å². The van der Waals surface area contributed by atoms with Crippen LogP contribution in [0.2, 0.25) is 0 Å². The molecule has 0 aliphatic carbocycles. The number of furan rings is 1. The Bertz CT molecular complexity index is 597. The van der Waals surface area contributed by atoms with E-state index in [1.54, 1.807) is 12.5 Å². The highest BCUT2D eigenvalue weighted by Gasteiger charge is 2.27. The molecule has 2 aromatic heterocycles. The van der Waals surface area contributed by atoms with E-state index in [-0.39, 0.29) is 11.8 Å². The van der Waals surface area contributed by atoms with E-state index in [0.29, 0.717) is 19.1 Å². The number of rotatable bonds is 5. The Hall–Kier alpha value is -2.08. The smallest absolute Gasteiger partial charge is 0.224 e. The molecule has 2 aromatic rings. The van der Waals surface area contributed by atoms with Gasteiger partial charge in [0.1, 0.15) is 0 Å². The first-order chi connectivity index (χ1) is 10.8. The van der Waals surface area contributed by atoms with Crippen molar-refractivity contribution in [2.75, 3.05) is 6.54 Å². The number of carbonyl (C=O) groups excluding carboxylic acids is 1. The molecule has 0 bridgehead atoms. The van der Waals surface area contributed by atoms with E-state index in [0.717, 1.165) is 24.9 Å². The molecule has 2 N–H and O–H groups in total. The zero-order valence-corrected chi connectivity index (χ0v) is 12.8. The summed E-state index contributed by atoms with van der Waals surface area (Å²) in [6.45, 7) is 4.19. The third kappa shape index (κ3) is 3.39. The molecule has 0 saturated carbocycles. The summed E-state index contributed by atoms with van der Waals surface area (Å²) in [6.07, 6.45) is 9.12. The molecule has 6 heteroatoms. The summed E-state index contributed by atoms with van der Waals surface area (Å²) in [7, 11) is 0. The van der Waals surface area contributed by atoms with Crippen LogP contribution < -0.4 is 10.6 Å². The fraction of sp³-hybridized carbons (Fsp3) is 0.500. The van der Waals surface area contributed by atoms with Crippen molar-refractivity contribution in [3.63, 3.8) is 0 Å². The van der Waals surface area contributed by atoms with Crippen LogP contribution in [0.4, 0.5) is 0 Å². The van der Waals surface area contributed by atoms with Gasteiger partial charge in [0.2, 0.25) is 5.91 Å². The maximum absolute atomic E-state index is 12.2. The quantitative estimate of drug-likeness (QED) is 0.884. The molecule has 3 heterocycles. The highest BCUT2D eigenvalue weighted by molar-refractivity contribution is 5.79. The predicted octanol–water partition coefficient (Wildman–Crippen LogP) is 1.85. The Labute approximate surface area is 129 Å². The van der Waals surface area contributed by atoms with E-state index in [4.69, 9.17) is 4.42 Å². The number of amides is 1. The molecule has 6 nitrogen and oxygen atoms in total. The second kappa shape index (κ2) is 6.79. The number of piperidine rings is 1. The maximum atomic E-state index is 12.2. The normalized spacial score (nSPS) is 21.7. The van der Waals surface area contributed by atoms with Crippen LogP contribution in [0.1, 0.15) is 36.9 Å². The van der Waals surface area contributed by atoms with Crippen molar-refractivity contribution in [2.24, 2.45) is 5.92 Å². The molecule has 1 saturated heterocycles. The number of hydrogen-bond donors (Lipinski definition) is 2. The Balaban J connectivity index is 1.47. The Morgan fingerprint density at radius 1 is 1.55 bits per heavy atom. The van der Waals surface area contributed by atoms with Gasteiger partial charge in [-0.25, -0.2) is 0 Å². The third-order valence-electron chi connectivity index (χ3n) is 4.21. The summed E-state index contributed by atoms with van der Waals surface area (Å²) in [5.74, 6) is 0.140. The molecular weight excluding hydrogens is 280 g/mol. The van der Waals surface area contributed by atoms with E-state index < -0.39 is 0 Å². The van der Waals surface area contributed by atoms with Crippen molar-refractivity contribution >= 4 is 5.91 Å². The summed E-state index contributed by atoms with van der Waals surface area (Å²) >= 11 is 0. The van der Waals surface area contributed by atoms with E-state index in [1.807, 2.05) is 16.9 Å². The van der Waals surface area contributed by atoms with Crippen LogP contribution in [0.5, 0.6) is 0 Å². The average molecular weight is 302 g/mol. The fourth-order valence-electron chi connectivity index (χ4n) is 2.82. The molecule has 1 fully saturated rings. The van der Waals surface area contributed by atoms with E-state index in [2.05, 4.69) is 28.9 Å². The van der Waals surface area contributed by atoms with Gasteiger partial charge in [0.05, 0.1) is 24.6 Å². The standard InChI is InChI=1S/C16H22N4O2/c1-2-20-10-14(9-19-20)15-4-3-13(8-17-15)16(21)18-7-12-5-6-22-11-12/h5-6,9-11,13,15,17H,2-4,7-8H2,1H3,(H,18,21)/t13-,15-/m0/s1. The van der Waals surface area contributed by atoms with Gasteiger partial charge in [-0.05, 0) is 25.8 Å². The molecule has 0 aromatic carbocycles. The van der Waals surface area contributed by atoms with Gasteiger partial charge in [-0.3, -0.25) is 9.48 Å². The second-order valence-corrected chi connectivity index (χ2v) is 5.71. The van der Waals surface area contributed by atoms with Crippen LogP contribution in [0.3, 0.4) is 0 Å². The highest BCUT2D eigenvalue weighted by Crippen LogP contribution is 2.25. The van der Waals surface area contributed by atoms with Gasteiger partial charge >= 0.3 is 0 Å². The molecule has 0 radical (unpaired) electrons. The molecule has 118 valence electrons. The molecule has 1 aliphatic heterocycles. The molecule has 0 unspecified atom stereocenters. The van der Waals surface area contributed by atoms with Crippen LogP contribution in [-0.2, 0) is 17.9 Å². The van der Waals surface area contributed by atoms with Gasteiger partial charge in [0.25, 0.3) is 0 Å². The summed E-state index contributed by atoms with van der Waals surface area (Å²) in [6, 6.07) is 2.17. The topological polar surface area (TPSA) is 72.1 Å². The lowest BCUT2D eigenvalue weighted by molar-refractivity contribution is -0.125. The van der Waals surface area contributed by atoms with Gasteiger partial charge in [0.15, 0.2) is 0 Å². The predicted molar refractivity (Wildman–Crippen MR) is 81.9 cm³/mol. The summed E-state index contributed by atoms with van der Waals surface area (Å²) in [4.78, 5) is 12.2. The lowest BCUT2D eigenvalue weighted by Crippen LogP contribution is -2.41. The van der Waals surface area contributed by atoms with Gasteiger partial charge < -0.3 is 15.1 Å². The number of hydrogen-bond acceptors (Lipinski definition) is 4. The number of aromatic nitrogens is 2. The molecule has 3 rings (SSSR count). The number of nitrogens with one attached hydrogen (secondary N) is 2. The van der Waals surface area contributed by atoms with Crippen LogP contribution >= 0.6 is 0 Å². The summed E-state index contributed by atoms with van der Waals surface area (Å²) < 4.78 is 6.93. The third-order valence-corrected chi connectivity index (χ3v) is 4.21. The van der Waals surface area contributed by atoms with Gasteiger partial charge in [-0.2, -0.15) is 5.10 Å².